The number of rotatable bonds is 2. The van der Waals surface area contributed by atoms with Gasteiger partial charge in [0.1, 0.15) is 16.5 Å². The van der Waals surface area contributed by atoms with Gasteiger partial charge in [-0.1, -0.05) is 24.3 Å². The number of ether oxygens (including phenoxy) is 2. The topological polar surface area (TPSA) is 48.7 Å². The fourth-order valence-corrected chi connectivity index (χ4v) is 5.75. The van der Waals surface area contributed by atoms with Gasteiger partial charge in [0.25, 0.3) is 0 Å². The number of aryl methyl sites for hydroxylation is 1. The number of hydrogen-bond donors (Lipinski definition) is 0. The highest BCUT2D eigenvalue weighted by Crippen LogP contribution is 2.47. The summed E-state index contributed by atoms with van der Waals surface area (Å²) in [4.78, 5) is 15.4. The van der Waals surface area contributed by atoms with Crippen molar-refractivity contribution in [1.29, 1.82) is 0 Å². The van der Waals surface area contributed by atoms with Crippen molar-refractivity contribution in [3.05, 3.63) is 78.1 Å². The molecule has 0 fully saturated rings. The van der Waals surface area contributed by atoms with E-state index in [1.807, 2.05) is 49.4 Å². The van der Waals surface area contributed by atoms with Crippen molar-refractivity contribution in [2.75, 3.05) is 7.11 Å². The van der Waals surface area contributed by atoms with Crippen molar-refractivity contribution in [3.8, 4) is 11.5 Å². The number of benzene rings is 3. The first-order chi connectivity index (χ1) is 13.7. The molecular weight excluding hydrogens is 372 g/mol. The molecule has 138 valence electrons. The second-order valence-corrected chi connectivity index (χ2v) is 8.47. The van der Waals surface area contributed by atoms with Crippen LogP contribution in [-0.2, 0) is 15.6 Å². The summed E-state index contributed by atoms with van der Waals surface area (Å²) in [6.45, 7) is 1.89. The monoisotopic (exact) mass is 389 g/mol. The van der Waals surface area contributed by atoms with Gasteiger partial charge in [0.15, 0.2) is 16.4 Å². The lowest BCUT2D eigenvalue weighted by atomic mass is 10.1. The Labute approximate surface area is 165 Å². The van der Waals surface area contributed by atoms with Gasteiger partial charge in [0, 0.05) is 17.0 Å². The molecule has 1 aliphatic rings. The molecule has 0 spiro atoms. The molecule has 1 aliphatic heterocycles. The van der Waals surface area contributed by atoms with Crippen LogP contribution in [0.4, 0.5) is 0 Å². The normalized spacial score (nSPS) is 12.9. The van der Waals surface area contributed by atoms with E-state index in [2.05, 4.69) is 24.3 Å². The van der Waals surface area contributed by atoms with E-state index < -0.39 is 5.97 Å². The highest BCUT2D eigenvalue weighted by molar-refractivity contribution is 7.97. The zero-order valence-corrected chi connectivity index (χ0v) is 16.2. The van der Waals surface area contributed by atoms with Crippen LogP contribution in [0.3, 0.4) is 0 Å². The summed E-state index contributed by atoms with van der Waals surface area (Å²) < 4.78 is 16.7. The zero-order valence-electron chi connectivity index (χ0n) is 15.4. The Balaban J connectivity index is 1.72. The largest absolute Gasteiger partial charge is 0.463 e. The Morgan fingerprint density at radius 2 is 1.57 bits per heavy atom. The van der Waals surface area contributed by atoms with Crippen molar-refractivity contribution < 1.29 is 18.7 Å². The van der Waals surface area contributed by atoms with Crippen LogP contribution in [0.2, 0.25) is 0 Å². The van der Waals surface area contributed by atoms with Crippen molar-refractivity contribution in [1.82, 2.24) is 0 Å². The molecule has 5 heteroatoms. The molecule has 0 amide bonds. The maximum absolute atomic E-state index is 12.0. The second kappa shape index (κ2) is 6.46. The van der Waals surface area contributed by atoms with Gasteiger partial charge in [0.05, 0.1) is 7.11 Å². The van der Waals surface area contributed by atoms with Crippen LogP contribution in [0.1, 0.15) is 16.1 Å². The minimum Gasteiger partial charge on any atom is -0.463 e. The van der Waals surface area contributed by atoms with E-state index in [0.717, 1.165) is 37.1 Å². The highest BCUT2D eigenvalue weighted by atomic mass is 32.2. The van der Waals surface area contributed by atoms with Gasteiger partial charge < -0.3 is 13.9 Å². The van der Waals surface area contributed by atoms with Crippen LogP contribution < -0.4 is 4.74 Å². The molecule has 0 aliphatic carbocycles. The molecule has 0 N–H and O–H groups in total. The molecule has 28 heavy (non-hydrogen) atoms. The predicted octanol–water partition coefficient (Wildman–Crippen LogP) is 5.73. The summed E-state index contributed by atoms with van der Waals surface area (Å²) in [7, 11) is 1.05. The third-order valence-electron chi connectivity index (χ3n) is 4.87. The fraction of sp³-hybridized carbons (Fsp3) is 0.0870. The van der Waals surface area contributed by atoms with E-state index in [4.69, 9.17) is 13.9 Å². The van der Waals surface area contributed by atoms with E-state index in [0.29, 0.717) is 5.58 Å². The van der Waals surface area contributed by atoms with Gasteiger partial charge in [-0.3, -0.25) is 0 Å². The number of hydrogen-bond acceptors (Lipinski definition) is 4. The second-order valence-electron chi connectivity index (χ2n) is 6.51. The molecule has 0 saturated heterocycles. The number of fused-ring (bicyclic) bond motifs is 3. The van der Waals surface area contributed by atoms with Gasteiger partial charge in [-0.15, -0.1) is 0 Å². The molecule has 0 saturated carbocycles. The number of esters is 1. The van der Waals surface area contributed by atoms with Gasteiger partial charge >= 0.3 is 5.97 Å². The summed E-state index contributed by atoms with van der Waals surface area (Å²) in [6.07, 6.45) is 0. The Morgan fingerprint density at radius 1 is 0.929 bits per heavy atom. The first-order valence-corrected chi connectivity index (χ1v) is 10.1. The molecule has 0 radical (unpaired) electrons. The molecule has 3 aromatic carbocycles. The number of methoxy groups -OCH3 is 1. The van der Waals surface area contributed by atoms with Crippen LogP contribution in [0.25, 0.3) is 11.0 Å². The van der Waals surface area contributed by atoms with Gasteiger partial charge in [0.2, 0.25) is 15.6 Å². The Hall–Kier alpha value is -3.18. The van der Waals surface area contributed by atoms with Crippen molar-refractivity contribution in [2.24, 2.45) is 0 Å². The molecule has 4 nitrogen and oxygen atoms in total. The maximum Gasteiger partial charge on any atom is 0.374 e. The Bertz CT molecular complexity index is 1180. The van der Waals surface area contributed by atoms with Crippen molar-refractivity contribution in [2.45, 2.75) is 21.6 Å². The predicted molar refractivity (Wildman–Crippen MR) is 107 cm³/mol. The van der Waals surface area contributed by atoms with E-state index in [9.17, 15) is 4.79 Å². The van der Waals surface area contributed by atoms with E-state index in [1.54, 1.807) is 0 Å². The van der Waals surface area contributed by atoms with Crippen LogP contribution in [0, 0.1) is 6.92 Å². The Kier molecular flexibility index (Phi) is 3.91. The Morgan fingerprint density at radius 3 is 2.21 bits per heavy atom. The third kappa shape index (κ3) is 2.51. The first kappa shape index (κ1) is 17.0. The van der Waals surface area contributed by atoms with E-state index in [-0.39, 0.29) is 16.7 Å². The number of carbonyl (C=O) groups excluding carboxylic acids is 1. The molecule has 0 atom stereocenters. The van der Waals surface area contributed by atoms with E-state index in [1.165, 1.54) is 7.11 Å². The number of carbonyl (C=O) groups is 1. The van der Waals surface area contributed by atoms with Crippen LogP contribution in [0.5, 0.6) is 11.5 Å². The summed E-state index contributed by atoms with van der Waals surface area (Å²) in [6, 6.07) is 22.4. The van der Waals surface area contributed by atoms with Gasteiger partial charge in [-0.25, -0.2) is 4.79 Å². The van der Waals surface area contributed by atoms with Crippen LogP contribution in [0.15, 0.2) is 85.8 Å². The quantitative estimate of drug-likeness (QED) is 0.286. The lowest BCUT2D eigenvalue weighted by Gasteiger charge is -2.19. The molecule has 5 rings (SSSR count). The minimum atomic E-state index is -0.459. The van der Waals surface area contributed by atoms with Crippen LogP contribution >= 0.6 is 0 Å². The smallest absolute Gasteiger partial charge is 0.374 e. The highest BCUT2D eigenvalue weighted by Gasteiger charge is 2.39. The zero-order chi connectivity index (χ0) is 19.3. The summed E-state index contributed by atoms with van der Waals surface area (Å²) in [5, 5.41) is 0.923. The van der Waals surface area contributed by atoms with Crippen LogP contribution in [-0.4, -0.2) is 13.1 Å². The fourth-order valence-electron chi connectivity index (χ4n) is 3.51. The summed E-state index contributed by atoms with van der Waals surface area (Å²) in [5.41, 5.74) is 1.47. The third-order valence-corrected chi connectivity index (χ3v) is 7.15. The molecule has 4 aromatic rings. The van der Waals surface area contributed by atoms with Gasteiger partial charge in [-0.2, -0.15) is 0 Å². The van der Waals surface area contributed by atoms with Gasteiger partial charge in [-0.05, 0) is 43.3 Å². The van der Waals surface area contributed by atoms with Crippen molar-refractivity contribution >= 4 is 27.8 Å². The average molecular weight is 389 g/mol. The standard InChI is InChI=1S/C23H17O4S/c1-14-16-13-15(11-12-17(16)27-22(14)23(24)25-2)28-20-9-5-3-7-18(20)26-19-8-4-6-10-21(19)28/h3-13H,1-2H3/q+1. The summed E-state index contributed by atoms with van der Waals surface area (Å²) in [5.74, 6) is 1.55. The molecule has 0 unspecified atom stereocenters. The molecule has 0 bridgehead atoms. The lowest BCUT2D eigenvalue weighted by Crippen LogP contribution is -2.12. The molecular formula is C23H17O4S+. The lowest BCUT2D eigenvalue weighted by molar-refractivity contribution is 0.0566. The minimum absolute atomic E-state index is 0.255. The van der Waals surface area contributed by atoms with E-state index >= 15 is 0 Å². The number of furan rings is 1. The molecule has 2 heterocycles. The SMILES string of the molecule is COC(=O)c1oc2ccc([S+]3c4ccccc4Oc4ccccc43)cc2c1C. The number of para-hydroxylation sites is 2. The first-order valence-electron chi connectivity index (χ1n) is 8.89. The van der Waals surface area contributed by atoms with Crippen molar-refractivity contribution in [3.63, 3.8) is 0 Å². The summed E-state index contributed by atoms with van der Waals surface area (Å²) >= 11 is 0. The molecule has 1 aromatic heterocycles. The average Bonchev–Trinajstić information content (AvgIpc) is 3.07. The maximum atomic E-state index is 12.0.